The van der Waals surface area contributed by atoms with Gasteiger partial charge in [-0.2, -0.15) is 0 Å². The van der Waals surface area contributed by atoms with Crippen molar-refractivity contribution >= 4 is 11.7 Å². The number of hydrogen-bond acceptors (Lipinski definition) is 4. The van der Waals surface area contributed by atoms with Gasteiger partial charge in [0.15, 0.2) is 0 Å². The maximum atomic E-state index is 11.6. The summed E-state index contributed by atoms with van der Waals surface area (Å²) in [5, 5.41) is 12.2. The molecule has 0 amide bonds. The molecule has 0 bridgehead atoms. The molecule has 24 heavy (non-hydrogen) atoms. The van der Waals surface area contributed by atoms with E-state index in [1.165, 1.54) is 51.4 Å². The van der Waals surface area contributed by atoms with Gasteiger partial charge >= 0.3 is 5.97 Å². The zero-order valence-electron chi connectivity index (χ0n) is 15.1. The minimum Gasteiger partial charge on any atom is -0.508 e. The lowest BCUT2D eigenvalue weighted by atomic mass is 10.1. The largest absolute Gasteiger partial charge is 0.508 e. The molecule has 1 rings (SSSR count). The van der Waals surface area contributed by atoms with Gasteiger partial charge in [-0.05, 0) is 30.7 Å². The van der Waals surface area contributed by atoms with Gasteiger partial charge in [0.05, 0.1) is 6.61 Å². The second kappa shape index (κ2) is 13.7. The zero-order chi connectivity index (χ0) is 17.5. The average molecular weight is 335 g/mol. The van der Waals surface area contributed by atoms with Crippen LogP contribution in [0.5, 0.6) is 5.75 Å². The Labute approximate surface area is 146 Å². The number of aromatic hydroxyl groups is 1. The van der Waals surface area contributed by atoms with Gasteiger partial charge in [-0.3, -0.25) is 4.79 Å². The van der Waals surface area contributed by atoms with E-state index in [2.05, 4.69) is 12.2 Å². The first-order valence-corrected chi connectivity index (χ1v) is 9.41. The smallest absolute Gasteiger partial charge is 0.325 e. The van der Waals surface area contributed by atoms with E-state index in [1.807, 2.05) is 0 Å². The summed E-state index contributed by atoms with van der Waals surface area (Å²) in [5.74, 6) is -0.0249. The molecule has 0 unspecified atom stereocenters. The Hall–Kier alpha value is -1.71. The van der Waals surface area contributed by atoms with Crippen molar-refractivity contribution in [1.82, 2.24) is 0 Å². The third-order valence-electron chi connectivity index (χ3n) is 4.07. The minimum atomic E-state index is -0.237. The number of ether oxygens (including phenoxy) is 1. The maximum absolute atomic E-state index is 11.6. The Morgan fingerprint density at radius 2 is 1.46 bits per heavy atom. The first-order chi connectivity index (χ1) is 11.7. The average Bonchev–Trinajstić information content (AvgIpc) is 2.59. The van der Waals surface area contributed by atoms with Gasteiger partial charge in [0.2, 0.25) is 0 Å². The molecular weight excluding hydrogens is 302 g/mol. The van der Waals surface area contributed by atoms with Gasteiger partial charge < -0.3 is 15.2 Å². The number of anilines is 1. The molecular formula is C20H33NO3. The normalized spacial score (nSPS) is 10.5. The molecule has 0 fully saturated rings. The fourth-order valence-electron chi connectivity index (χ4n) is 2.58. The molecule has 4 nitrogen and oxygen atoms in total. The van der Waals surface area contributed by atoms with Gasteiger partial charge in [0.1, 0.15) is 12.3 Å². The number of esters is 1. The summed E-state index contributed by atoms with van der Waals surface area (Å²) < 4.78 is 5.21. The van der Waals surface area contributed by atoms with E-state index in [4.69, 9.17) is 4.74 Å². The van der Waals surface area contributed by atoms with Crippen molar-refractivity contribution in [3.05, 3.63) is 24.3 Å². The van der Waals surface area contributed by atoms with Crippen molar-refractivity contribution in [2.75, 3.05) is 18.5 Å². The first kappa shape index (κ1) is 20.3. The molecule has 0 saturated heterocycles. The van der Waals surface area contributed by atoms with Crippen LogP contribution in [0, 0.1) is 0 Å². The highest BCUT2D eigenvalue weighted by Crippen LogP contribution is 2.13. The summed E-state index contributed by atoms with van der Waals surface area (Å²) in [6.07, 6.45) is 12.7. The lowest BCUT2D eigenvalue weighted by Gasteiger charge is -2.07. The number of rotatable bonds is 14. The van der Waals surface area contributed by atoms with Crippen LogP contribution in [-0.2, 0) is 9.53 Å². The second-order valence-corrected chi connectivity index (χ2v) is 6.30. The number of unbranched alkanes of at least 4 members (excludes halogenated alkanes) is 9. The molecule has 1 aromatic carbocycles. The highest BCUT2D eigenvalue weighted by molar-refractivity contribution is 5.74. The Morgan fingerprint density at radius 3 is 2.04 bits per heavy atom. The highest BCUT2D eigenvalue weighted by Gasteiger charge is 2.02. The van der Waals surface area contributed by atoms with E-state index < -0.39 is 0 Å². The molecule has 1 aromatic rings. The number of phenolic OH excluding ortho intramolecular Hbond substituents is 1. The Balaban J connectivity index is 1.88. The van der Waals surface area contributed by atoms with Crippen LogP contribution in [0.1, 0.15) is 71.1 Å². The number of benzene rings is 1. The molecule has 0 aliphatic heterocycles. The van der Waals surface area contributed by atoms with Crippen molar-refractivity contribution in [2.45, 2.75) is 71.1 Å². The topological polar surface area (TPSA) is 58.6 Å². The third kappa shape index (κ3) is 10.9. The van der Waals surface area contributed by atoms with Crippen molar-refractivity contribution in [3.8, 4) is 5.75 Å². The van der Waals surface area contributed by atoms with Crippen LogP contribution in [-0.4, -0.2) is 24.2 Å². The summed E-state index contributed by atoms with van der Waals surface area (Å²) in [6.45, 7) is 2.91. The van der Waals surface area contributed by atoms with E-state index in [1.54, 1.807) is 24.3 Å². The number of phenols is 1. The second-order valence-electron chi connectivity index (χ2n) is 6.30. The van der Waals surface area contributed by atoms with E-state index in [0.717, 1.165) is 18.5 Å². The number of nitrogens with one attached hydrogen (secondary N) is 1. The SMILES string of the molecule is CCCCCCCCCCCCOC(=O)CNc1ccc(O)cc1. The Morgan fingerprint density at radius 1 is 0.917 bits per heavy atom. The minimum absolute atomic E-state index is 0.155. The van der Waals surface area contributed by atoms with Crippen molar-refractivity contribution in [1.29, 1.82) is 0 Å². The summed E-state index contributed by atoms with van der Waals surface area (Å²) in [4.78, 5) is 11.6. The van der Waals surface area contributed by atoms with E-state index in [-0.39, 0.29) is 18.3 Å². The fourth-order valence-corrected chi connectivity index (χ4v) is 2.58. The van der Waals surface area contributed by atoms with Gasteiger partial charge in [0, 0.05) is 5.69 Å². The summed E-state index contributed by atoms with van der Waals surface area (Å²) >= 11 is 0. The van der Waals surface area contributed by atoms with Crippen LogP contribution in [0.4, 0.5) is 5.69 Å². The molecule has 136 valence electrons. The van der Waals surface area contributed by atoms with E-state index in [0.29, 0.717) is 6.61 Å². The lowest BCUT2D eigenvalue weighted by Crippen LogP contribution is -2.17. The van der Waals surface area contributed by atoms with Crippen LogP contribution in [0.25, 0.3) is 0 Å². The summed E-state index contributed by atoms with van der Waals surface area (Å²) in [6, 6.07) is 6.62. The predicted molar refractivity (Wildman–Crippen MR) is 99.4 cm³/mol. The zero-order valence-corrected chi connectivity index (χ0v) is 15.1. The molecule has 0 aromatic heterocycles. The van der Waals surface area contributed by atoms with Crippen LogP contribution < -0.4 is 5.32 Å². The van der Waals surface area contributed by atoms with E-state index >= 15 is 0 Å². The predicted octanol–water partition coefficient (Wildman–Crippen LogP) is 5.27. The van der Waals surface area contributed by atoms with Crippen molar-refractivity contribution in [2.24, 2.45) is 0 Å². The molecule has 0 aliphatic carbocycles. The summed E-state index contributed by atoms with van der Waals surface area (Å²) in [7, 11) is 0. The van der Waals surface area contributed by atoms with Gasteiger partial charge in [0.25, 0.3) is 0 Å². The van der Waals surface area contributed by atoms with Crippen LogP contribution in [0.3, 0.4) is 0 Å². The maximum Gasteiger partial charge on any atom is 0.325 e. The van der Waals surface area contributed by atoms with Crippen LogP contribution in [0.2, 0.25) is 0 Å². The number of hydrogen-bond donors (Lipinski definition) is 2. The van der Waals surface area contributed by atoms with Crippen molar-refractivity contribution in [3.63, 3.8) is 0 Å². The molecule has 0 radical (unpaired) electrons. The van der Waals surface area contributed by atoms with E-state index in [9.17, 15) is 9.90 Å². The molecule has 4 heteroatoms. The van der Waals surface area contributed by atoms with Gasteiger partial charge in [-0.15, -0.1) is 0 Å². The summed E-state index contributed by atoms with van der Waals surface area (Å²) in [5.41, 5.74) is 0.795. The number of carbonyl (C=O) groups is 1. The van der Waals surface area contributed by atoms with Crippen molar-refractivity contribution < 1.29 is 14.6 Å². The lowest BCUT2D eigenvalue weighted by molar-refractivity contribution is -0.141. The molecule has 0 saturated carbocycles. The monoisotopic (exact) mass is 335 g/mol. The Kier molecular flexibility index (Phi) is 11.6. The molecule has 0 aliphatic rings. The molecule has 0 heterocycles. The number of carbonyl (C=O) groups excluding carboxylic acids is 1. The molecule has 2 N–H and O–H groups in total. The molecule has 0 spiro atoms. The fraction of sp³-hybridized carbons (Fsp3) is 0.650. The quantitative estimate of drug-likeness (QED) is 0.276. The Bertz CT molecular complexity index is 431. The van der Waals surface area contributed by atoms with Crippen LogP contribution in [0.15, 0.2) is 24.3 Å². The van der Waals surface area contributed by atoms with Gasteiger partial charge in [-0.1, -0.05) is 64.7 Å². The van der Waals surface area contributed by atoms with Crippen LogP contribution >= 0.6 is 0 Å². The molecule has 0 atom stereocenters. The standard InChI is InChI=1S/C20H33NO3/c1-2-3-4-5-6-7-8-9-10-11-16-24-20(23)17-21-18-12-14-19(22)15-13-18/h12-15,21-22H,2-11,16-17H2,1H3. The third-order valence-corrected chi connectivity index (χ3v) is 4.07. The highest BCUT2D eigenvalue weighted by atomic mass is 16.5. The van der Waals surface area contributed by atoms with Gasteiger partial charge in [-0.25, -0.2) is 0 Å². The first-order valence-electron chi connectivity index (χ1n) is 9.41.